The Morgan fingerprint density at radius 3 is 2.48 bits per heavy atom. The third-order valence-corrected chi connectivity index (χ3v) is 4.84. The van der Waals surface area contributed by atoms with Crippen LogP contribution < -0.4 is 4.90 Å². The van der Waals surface area contributed by atoms with E-state index in [1.165, 1.54) is 6.20 Å². The number of hydrogen-bond donors (Lipinski definition) is 0. The number of alkyl halides is 3. The van der Waals surface area contributed by atoms with Gasteiger partial charge in [0.25, 0.3) is 0 Å². The maximum absolute atomic E-state index is 12.6. The maximum Gasteiger partial charge on any atom is 0.471 e. The number of anilines is 1. The maximum atomic E-state index is 12.6. The zero-order valence-electron chi connectivity index (χ0n) is 16.1. The first-order valence-electron chi connectivity index (χ1n) is 9.15. The van der Waals surface area contributed by atoms with Gasteiger partial charge in [0, 0.05) is 24.8 Å². The molecule has 0 spiro atoms. The Balaban J connectivity index is 1.43. The van der Waals surface area contributed by atoms with E-state index in [0.717, 1.165) is 6.42 Å². The van der Waals surface area contributed by atoms with Gasteiger partial charge in [-0.05, 0) is 39.3 Å². The number of likely N-dealkylation sites (tertiary alicyclic amines) is 1. The Kier molecular flexibility index (Phi) is 4.43. The van der Waals surface area contributed by atoms with Gasteiger partial charge in [0.15, 0.2) is 0 Å². The van der Waals surface area contributed by atoms with Crippen molar-refractivity contribution < 1.29 is 27.2 Å². The highest BCUT2D eigenvalue weighted by molar-refractivity contribution is 5.70. The summed E-state index contributed by atoms with van der Waals surface area (Å²) in [6.45, 7) is 6.66. The van der Waals surface area contributed by atoms with Crippen LogP contribution >= 0.6 is 0 Å². The predicted molar refractivity (Wildman–Crippen MR) is 95.0 cm³/mol. The van der Waals surface area contributed by atoms with Gasteiger partial charge in [0.1, 0.15) is 11.4 Å². The average molecular weight is 411 g/mol. The molecule has 2 aliphatic rings. The Bertz CT molecular complexity index is 907. The fourth-order valence-electron chi connectivity index (χ4n) is 3.64. The minimum atomic E-state index is -4.69. The molecule has 2 aromatic heterocycles. The summed E-state index contributed by atoms with van der Waals surface area (Å²) >= 11 is 0. The molecule has 29 heavy (non-hydrogen) atoms. The molecule has 156 valence electrons. The van der Waals surface area contributed by atoms with Crippen molar-refractivity contribution in [3.63, 3.8) is 0 Å². The van der Waals surface area contributed by atoms with E-state index in [0.29, 0.717) is 24.5 Å². The van der Waals surface area contributed by atoms with E-state index in [1.54, 1.807) is 17.0 Å². The summed E-state index contributed by atoms with van der Waals surface area (Å²) in [4.78, 5) is 23.9. The second-order valence-electron chi connectivity index (χ2n) is 8.15. The first kappa shape index (κ1) is 19.5. The van der Waals surface area contributed by atoms with Crippen molar-refractivity contribution in [2.75, 3.05) is 18.0 Å². The first-order valence-corrected chi connectivity index (χ1v) is 9.15. The highest BCUT2D eigenvalue weighted by Gasteiger charge is 2.47. The molecule has 0 radical (unpaired) electrons. The van der Waals surface area contributed by atoms with Crippen molar-refractivity contribution in [3.05, 3.63) is 24.2 Å². The number of nitrogens with zero attached hydrogens (tertiary/aromatic N) is 5. The normalized spacial score (nSPS) is 21.7. The van der Waals surface area contributed by atoms with Crippen LogP contribution in [0.25, 0.3) is 11.4 Å². The molecule has 4 rings (SSSR count). The molecular weight excluding hydrogens is 391 g/mol. The lowest BCUT2D eigenvalue weighted by Gasteiger charge is -2.35. The van der Waals surface area contributed by atoms with Gasteiger partial charge in [-0.1, -0.05) is 5.16 Å². The second-order valence-corrected chi connectivity index (χ2v) is 8.15. The van der Waals surface area contributed by atoms with Gasteiger partial charge in [0.05, 0.1) is 12.1 Å². The number of amides is 1. The molecule has 1 amide bonds. The number of fused-ring (bicyclic) bond motifs is 2. The van der Waals surface area contributed by atoms with Crippen LogP contribution in [0.15, 0.2) is 22.9 Å². The Morgan fingerprint density at radius 2 is 1.97 bits per heavy atom. The number of piperazine rings is 1. The highest BCUT2D eigenvalue weighted by Crippen LogP contribution is 2.35. The van der Waals surface area contributed by atoms with Gasteiger partial charge in [0.2, 0.25) is 5.82 Å². The van der Waals surface area contributed by atoms with Crippen molar-refractivity contribution in [2.45, 2.75) is 51.1 Å². The second kappa shape index (κ2) is 6.60. The number of halogens is 3. The number of pyridine rings is 1. The lowest BCUT2D eigenvalue weighted by molar-refractivity contribution is -0.159. The smallest absolute Gasteiger partial charge is 0.444 e. The van der Waals surface area contributed by atoms with Crippen molar-refractivity contribution in [1.29, 1.82) is 0 Å². The number of hydrogen-bond acceptors (Lipinski definition) is 7. The van der Waals surface area contributed by atoms with Gasteiger partial charge in [-0.25, -0.2) is 9.78 Å². The third kappa shape index (κ3) is 3.85. The van der Waals surface area contributed by atoms with Crippen LogP contribution in [-0.4, -0.2) is 56.9 Å². The van der Waals surface area contributed by atoms with Gasteiger partial charge in [-0.2, -0.15) is 18.2 Å². The molecule has 2 unspecified atom stereocenters. The zero-order valence-corrected chi connectivity index (χ0v) is 16.1. The van der Waals surface area contributed by atoms with Gasteiger partial charge in [-0.15, -0.1) is 0 Å². The largest absolute Gasteiger partial charge is 0.471 e. The van der Waals surface area contributed by atoms with Gasteiger partial charge >= 0.3 is 18.2 Å². The fourth-order valence-corrected chi connectivity index (χ4v) is 3.64. The lowest BCUT2D eigenvalue weighted by Crippen LogP contribution is -2.50. The number of aromatic nitrogens is 3. The van der Waals surface area contributed by atoms with Crippen LogP contribution in [0.2, 0.25) is 0 Å². The van der Waals surface area contributed by atoms with Crippen LogP contribution in [0.4, 0.5) is 23.8 Å². The lowest BCUT2D eigenvalue weighted by atomic mass is 10.2. The molecule has 8 nitrogen and oxygen atoms in total. The van der Waals surface area contributed by atoms with E-state index in [1.807, 2.05) is 20.8 Å². The van der Waals surface area contributed by atoms with Crippen molar-refractivity contribution in [1.82, 2.24) is 20.0 Å². The third-order valence-electron chi connectivity index (χ3n) is 4.84. The van der Waals surface area contributed by atoms with E-state index in [2.05, 4.69) is 24.5 Å². The summed E-state index contributed by atoms with van der Waals surface area (Å²) in [5.41, 5.74) is -0.218. The van der Waals surface area contributed by atoms with Crippen molar-refractivity contribution >= 4 is 11.9 Å². The molecule has 4 heterocycles. The molecule has 2 fully saturated rings. The molecule has 2 atom stereocenters. The summed E-state index contributed by atoms with van der Waals surface area (Å²) in [5, 5.41) is 3.36. The Morgan fingerprint density at radius 1 is 1.21 bits per heavy atom. The van der Waals surface area contributed by atoms with Gasteiger partial charge in [-0.3, -0.25) is 0 Å². The number of ether oxygens (including phenoxy) is 1. The first-order chi connectivity index (χ1) is 13.5. The molecule has 2 aliphatic heterocycles. The fraction of sp³-hybridized carbons (Fsp3) is 0.556. The summed E-state index contributed by atoms with van der Waals surface area (Å²) in [5.74, 6) is -0.879. The SMILES string of the molecule is CC(C)(C)OC(=O)N1CC2CC1CN2c1ccc(-c2noc(C(F)(F)F)n2)cn1. The molecule has 0 aliphatic carbocycles. The molecule has 0 saturated carbocycles. The number of carbonyl (C=O) groups is 1. The van der Waals surface area contributed by atoms with E-state index in [-0.39, 0.29) is 24.0 Å². The number of carbonyl (C=O) groups excluding carboxylic acids is 1. The zero-order chi connectivity index (χ0) is 21.0. The van der Waals surface area contributed by atoms with Crippen molar-refractivity contribution in [2.24, 2.45) is 0 Å². The molecule has 11 heteroatoms. The Labute approximate surface area is 164 Å². The average Bonchev–Trinajstić information content (AvgIpc) is 3.34. The monoisotopic (exact) mass is 411 g/mol. The van der Waals surface area contributed by atoms with E-state index in [9.17, 15) is 18.0 Å². The molecular formula is C18H20F3N5O3. The summed E-state index contributed by atoms with van der Waals surface area (Å²) in [7, 11) is 0. The van der Waals surface area contributed by atoms with Gasteiger partial charge < -0.3 is 19.1 Å². The van der Waals surface area contributed by atoms with Crippen LogP contribution in [0.3, 0.4) is 0 Å². The Hall–Kier alpha value is -2.85. The highest BCUT2D eigenvalue weighted by atomic mass is 19.4. The summed E-state index contributed by atoms with van der Waals surface area (Å²) in [6, 6.07) is 3.47. The number of rotatable bonds is 2. The molecule has 2 saturated heterocycles. The molecule has 2 aromatic rings. The topological polar surface area (TPSA) is 84.6 Å². The van der Waals surface area contributed by atoms with E-state index >= 15 is 0 Å². The minimum absolute atomic E-state index is 0.0443. The summed E-state index contributed by atoms with van der Waals surface area (Å²) < 4.78 is 47.5. The van der Waals surface area contributed by atoms with Crippen molar-refractivity contribution in [3.8, 4) is 11.4 Å². The van der Waals surface area contributed by atoms with Crippen LogP contribution in [-0.2, 0) is 10.9 Å². The summed E-state index contributed by atoms with van der Waals surface area (Å²) in [6.07, 6.45) is -2.76. The minimum Gasteiger partial charge on any atom is -0.444 e. The molecule has 0 N–H and O–H groups in total. The molecule has 2 bridgehead atoms. The van der Waals surface area contributed by atoms with Crippen LogP contribution in [0, 0.1) is 0 Å². The predicted octanol–water partition coefficient (Wildman–Crippen LogP) is 3.35. The quantitative estimate of drug-likeness (QED) is 0.749. The van der Waals surface area contributed by atoms with E-state index < -0.39 is 17.7 Å². The standard InChI is InChI=1S/C18H20F3N5O3/c1-17(2,3)28-16(27)26-9-11-6-12(26)8-25(11)13-5-4-10(7-22-13)14-23-15(29-24-14)18(19,20)21/h4-5,7,11-12H,6,8-9H2,1-3H3. The molecule has 0 aromatic carbocycles. The van der Waals surface area contributed by atoms with Crippen LogP contribution in [0.5, 0.6) is 0 Å². The van der Waals surface area contributed by atoms with E-state index in [4.69, 9.17) is 4.74 Å². The van der Waals surface area contributed by atoms with Crippen LogP contribution in [0.1, 0.15) is 33.1 Å².